The van der Waals surface area contributed by atoms with Crippen molar-refractivity contribution in [3.05, 3.63) is 22.8 Å². The third-order valence-electron chi connectivity index (χ3n) is 1.93. The minimum Gasteiger partial charge on any atom is -0.370 e. The van der Waals surface area contributed by atoms with Gasteiger partial charge in [0.05, 0.1) is 0 Å². The third-order valence-corrected chi connectivity index (χ3v) is 3.51. The van der Waals surface area contributed by atoms with E-state index < -0.39 is 0 Å². The molecule has 0 aliphatic heterocycles. The van der Waals surface area contributed by atoms with Gasteiger partial charge in [0, 0.05) is 22.0 Å². The molecule has 1 atom stereocenters. The molecule has 1 N–H and O–H groups in total. The van der Waals surface area contributed by atoms with Gasteiger partial charge in [-0.15, -0.1) is 0 Å². The van der Waals surface area contributed by atoms with Crippen LogP contribution in [0.1, 0.15) is 19.8 Å². The first-order chi connectivity index (χ1) is 6.72. The van der Waals surface area contributed by atoms with E-state index in [1.54, 1.807) is 6.20 Å². The minimum atomic E-state index is 0.602. The van der Waals surface area contributed by atoms with Crippen molar-refractivity contribution in [3.63, 3.8) is 0 Å². The number of nitrogens with one attached hydrogen (secondary N) is 1. The normalized spacial score (nSPS) is 12.5. The summed E-state index contributed by atoms with van der Waals surface area (Å²) in [4.78, 5) is 4.83. The molecule has 0 bridgehead atoms. The summed E-state index contributed by atoms with van der Waals surface area (Å²) in [5, 5.41) is 3.28. The summed E-state index contributed by atoms with van der Waals surface area (Å²) in [6.45, 7) is 3.13. The Bertz CT molecular complexity index is 261. The fourth-order valence-corrected chi connectivity index (χ4v) is 1.50. The van der Waals surface area contributed by atoms with E-state index in [0.717, 1.165) is 29.7 Å². The van der Waals surface area contributed by atoms with E-state index in [1.807, 2.05) is 12.1 Å². The number of alkyl halides is 1. The van der Waals surface area contributed by atoms with Crippen LogP contribution in [-0.2, 0) is 0 Å². The SMILES string of the molecule is CCC(Br)CCNc1ccc(Br)cn1. The van der Waals surface area contributed by atoms with Crippen LogP contribution in [0.2, 0.25) is 0 Å². The molecule has 1 rings (SSSR count). The number of hydrogen-bond acceptors (Lipinski definition) is 2. The van der Waals surface area contributed by atoms with Crippen molar-refractivity contribution in [2.45, 2.75) is 24.6 Å². The molecule has 1 aromatic heterocycles. The molecule has 0 radical (unpaired) electrons. The molecule has 0 fully saturated rings. The maximum absolute atomic E-state index is 4.23. The topological polar surface area (TPSA) is 24.9 Å². The summed E-state index contributed by atoms with van der Waals surface area (Å²) in [6, 6.07) is 3.96. The quantitative estimate of drug-likeness (QED) is 0.834. The maximum atomic E-state index is 4.23. The second-order valence-corrected chi connectivity index (χ2v) is 5.29. The van der Waals surface area contributed by atoms with E-state index in [9.17, 15) is 0 Å². The average Bonchev–Trinajstić information content (AvgIpc) is 2.21. The molecule has 1 unspecified atom stereocenters. The lowest BCUT2D eigenvalue weighted by Crippen LogP contribution is -2.08. The van der Waals surface area contributed by atoms with E-state index in [1.165, 1.54) is 0 Å². The van der Waals surface area contributed by atoms with Crippen LogP contribution in [0.5, 0.6) is 0 Å². The zero-order chi connectivity index (χ0) is 10.4. The van der Waals surface area contributed by atoms with Crippen molar-refractivity contribution in [1.29, 1.82) is 0 Å². The van der Waals surface area contributed by atoms with Crippen LogP contribution in [0.25, 0.3) is 0 Å². The first-order valence-electron chi connectivity index (χ1n) is 4.72. The van der Waals surface area contributed by atoms with Gasteiger partial charge in [-0.2, -0.15) is 0 Å². The molecule has 78 valence electrons. The first-order valence-corrected chi connectivity index (χ1v) is 6.42. The third kappa shape index (κ3) is 4.42. The van der Waals surface area contributed by atoms with Crippen LogP contribution >= 0.6 is 31.9 Å². The van der Waals surface area contributed by atoms with E-state index in [4.69, 9.17) is 0 Å². The minimum absolute atomic E-state index is 0.602. The van der Waals surface area contributed by atoms with Gasteiger partial charge < -0.3 is 5.32 Å². The van der Waals surface area contributed by atoms with Crippen molar-refractivity contribution in [3.8, 4) is 0 Å². The van der Waals surface area contributed by atoms with Gasteiger partial charge in [-0.25, -0.2) is 4.98 Å². The number of nitrogens with zero attached hydrogens (tertiary/aromatic N) is 1. The zero-order valence-electron chi connectivity index (χ0n) is 8.13. The van der Waals surface area contributed by atoms with E-state index in [-0.39, 0.29) is 0 Å². The highest BCUT2D eigenvalue weighted by atomic mass is 79.9. The van der Waals surface area contributed by atoms with Crippen molar-refractivity contribution in [2.75, 3.05) is 11.9 Å². The van der Waals surface area contributed by atoms with Crippen LogP contribution in [0.4, 0.5) is 5.82 Å². The highest BCUT2D eigenvalue weighted by molar-refractivity contribution is 9.10. The lowest BCUT2D eigenvalue weighted by molar-refractivity contribution is 0.773. The van der Waals surface area contributed by atoms with E-state index in [2.05, 4.69) is 49.1 Å². The van der Waals surface area contributed by atoms with Crippen LogP contribution in [0.3, 0.4) is 0 Å². The highest BCUT2D eigenvalue weighted by Crippen LogP contribution is 2.12. The first kappa shape index (κ1) is 12.0. The van der Waals surface area contributed by atoms with Crippen molar-refractivity contribution < 1.29 is 0 Å². The van der Waals surface area contributed by atoms with E-state index >= 15 is 0 Å². The Hall–Kier alpha value is -0.0900. The Kier molecular flexibility index (Phi) is 5.48. The molecule has 0 aliphatic rings. The number of aromatic nitrogens is 1. The largest absolute Gasteiger partial charge is 0.370 e. The second-order valence-electron chi connectivity index (χ2n) is 3.08. The molecule has 1 heterocycles. The Morgan fingerprint density at radius 1 is 1.50 bits per heavy atom. The number of pyridine rings is 1. The molecule has 4 heteroatoms. The van der Waals surface area contributed by atoms with Gasteiger partial charge in [0.25, 0.3) is 0 Å². The monoisotopic (exact) mass is 320 g/mol. The van der Waals surface area contributed by atoms with Crippen molar-refractivity contribution in [2.24, 2.45) is 0 Å². The van der Waals surface area contributed by atoms with Crippen LogP contribution in [0, 0.1) is 0 Å². The number of anilines is 1. The highest BCUT2D eigenvalue weighted by Gasteiger charge is 2.00. The van der Waals surface area contributed by atoms with Gasteiger partial charge in [0.15, 0.2) is 0 Å². The lowest BCUT2D eigenvalue weighted by atomic mass is 10.2. The maximum Gasteiger partial charge on any atom is 0.125 e. The van der Waals surface area contributed by atoms with Gasteiger partial charge >= 0.3 is 0 Å². The predicted molar refractivity (Wildman–Crippen MR) is 68.0 cm³/mol. The van der Waals surface area contributed by atoms with Crippen molar-refractivity contribution >= 4 is 37.7 Å². The molecule has 0 saturated carbocycles. The number of rotatable bonds is 5. The van der Waals surface area contributed by atoms with Gasteiger partial charge in [0.1, 0.15) is 5.82 Å². The Balaban J connectivity index is 2.28. The summed E-state index contributed by atoms with van der Waals surface area (Å²) >= 11 is 6.94. The average molecular weight is 322 g/mol. The summed E-state index contributed by atoms with van der Waals surface area (Å²) in [6.07, 6.45) is 4.08. The lowest BCUT2D eigenvalue weighted by Gasteiger charge is -2.08. The summed E-state index contributed by atoms with van der Waals surface area (Å²) in [5.74, 6) is 0.934. The molecule has 0 aromatic carbocycles. The summed E-state index contributed by atoms with van der Waals surface area (Å²) in [7, 11) is 0. The molecule has 0 saturated heterocycles. The number of hydrogen-bond donors (Lipinski definition) is 1. The van der Waals surface area contributed by atoms with Gasteiger partial charge in [0.2, 0.25) is 0 Å². The molecular formula is C10H14Br2N2. The molecule has 0 spiro atoms. The van der Waals surface area contributed by atoms with Crippen LogP contribution in [0.15, 0.2) is 22.8 Å². The van der Waals surface area contributed by atoms with Crippen LogP contribution < -0.4 is 5.32 Å². The molecule has 0 aliphatic carbocycles. The van der Waals surface area contributed by atoms with Crippen LogP contribution in [-0.4, -0.2) is 16.4 Å². The molecular weight excluding hydrogens is 308 g/mol. The second kappa shape index (κ2) is 6.40. The standard InChI is InChI=1S/C10H14Br2N2/c1-2-8(11)5-6-13-10-4-3-9(12)7-14-10/h3-4,7-8H,2,5-6H2,1H3,(H,13,14). The summed E-state index contributed by atoms with van der Waals surface area (Å²) in [5.41, 5.74) is 0. The zero-order valence-corrected chi connectivity index (χ0v) is 11.3. The predicted octanol–water partition coefficient (Wildman–Crippen LogP) is 3.82. The van der Waals surface area contributed by atoms with Gasteiger partial charge in [-0.3, -0.25) is 0 Å². The summed E-state index contributed by atoms with van der Waals surface area (Å²) < 4.78 is 1.01. The Labute approximate surface area is 102 Å². The molecule has 0 amide bonds. The fourth-order valence-electron chi connectivity index (χ4n) is 1.04. The van der Waals surface area contributed by atoms with Gasteiger partial charge in [-0.05, 0) is 40.9 Å². The van der Waals surface area contributed by atoms with Gasteiger partial charge in [-0.1, -0.05) is 22.9 Å². The van der Waals surface area contributed by atoms with Crippen molar-refractivity contribution in [1.82, 2.24) is 4.98 Å². The Morgan fingerprint density at radius 3 is 2.86 bits per heavy atom. The Morgan fingerprint density at radius 2 is 2.29 bits per heavy atom. The smallest absolute Gasteiger partial charge is 0.125 e. The molecule has 14 heavy (non-hydrogen) atoms. The fraction of sp³-hybridized carbons (Fsp3) is 0.500. The van der Waals surface area contributed by atoms with E-state index in [0.29, 0.717) is 4.83 Å². The molecule has 1 aromatic rings. The number of halogens is 2. The molecule has 2 nitrogen and oxygen atoms in total.